The van der Waals surface area contributed by atoms with Gasteiger partial charge >= 0.3 is 0 Å². The Kier molecular flexibility index (Phi) is 6.28. The lowest BCUT2D eigenvalue weighted by Gasteiger charge is -2.21. The van der Waals surface area contributed by atoms with E-state index in [-0.39, 0.29) is 24.1 Å². The van der Waals surface area contributed by atoms with Gasteiger partial charge in [-0.05, 0) is 43.2 Å². The number of nitrogens with one attached hydrogen (secondary N) is 1. The summed E-state index contributed by atoms with van der Waals surface area (Å²) in [5.41, 5.74) is 3.75. The highest BCUT2D eigenvalue weighted by Gasteiger charge is 2.12. The lowest BCUT2D eigenvalue weighted by Crippen LogP contribution is -2.31. The molecule has 0 unspecified atom stereocenters. The van der Waals surface area contributed by atoms with Crippen LogP contribution in [0.4, 0.5) is 10.1 Å². The van der Waals surface area contributed by atoms with Crippen LogP contribution in [0.1, 0.15) is 30.0 Å². The van der Waals surface area contributed by atoms with Gasteiger partial charge in [-0.1, -0.05) is 29.8 Å². The number of aryl methyl sites for hydroxylation is 2. The van der Waals surface area contributed by atoms with Crippen molar-refractivity contribution in [2.45, 2.75) is 33.7 Å². The van der Waals surface area contributed by atoms with Crippen LogP contribution in [0, 0.1) is 19.7 Å². The van der Waals surface area contributed by atoms with Crippen molar-refractivity contribution in [2.24, 2.45) is 0 Å². The van der Waals surface area contributed by atoms with Gasteiger partial charge in [0.25, 0.3) is 0 Å². The maximum absolute atomic E-state index is 13.0. The Bertz CT molecular complexity index is 757. The largest absolute Gasteiger partial charge is 0.338 e. The first-order valence-corrected chi connectivity index (χ1v) is 8.22. The maximum atomic E-state index is 13.0. The molecule has 0 fully saturated rings. The number of halogens is 1. The summed E-state index contributed by atoms with van der Waals surface area (Å²) in [6, 6.07) is 11.8. The molecule has 0 saturated heterocycles. The molecule has 0 aliphatic heterocycles. The fraction of sp³-hybridized carbons (Fsp3) is 0.300. The van der Waals surface area contributed by atoms with Gasteiger partial charge in [0.05, 0.1) is 0 Å². The van der Waals surface area contributed by atoms with E-state index in [1.54, 1.807) is 17.0 Å². The second-order valence-electron chi connectivity index (χ2n) is 6.18. The number of benzene rings is 2. The van der Waals surface area contributed by atoms with Crippen LogP contribution < -0.4 is 5.32 Å². The molecule has 0 bridgehead atoms. The van der Waals surface area contributed by atoms with Gasteiger partial charge in [0.1, 0.15) is 5.82 Å². The Morgan fingerprint density at radius 1 is 1.08 bits per heavy atom. The number of amides is 2. The summed E-state index contributed by atoms with van der Waals surface area (Å²) in [5, 5.41) is 2.88. The fourth-order valence-electron chi connectivity index (χ4n) is 2.56. The van der Waals surface area contributed by atoms with Crippen molar-refractivity contribution in [3.05, 3.63) is 65.0 Å². The van der Waals surface area contributed by atoms with Crippen LogP contribution in [0.15, 0.2) is 42.5 Å². The van der Waals surface area contributed by atoms with Gasteiger partial charge in [-0.15, -0.1) is 0 Å². The summed E-state index contributed by atoms with van der Waals surface area (Å²) in [4.78, 5) is 25.6. The van der Waals surface area contributed by atoms with Crippen molar-refractivity contribution in [1.29, 1.82) is 0 Å². The predicted octanol–water partition coefficient (Wildman–Crippen LogP) is 3.82. The van der Waals surface area contributed by atoms with Crippen molar-refractivity contribution in [1.82, 2.24) is 4.90 Å². The van der Waals surface area contributed by atoms with E-state index >= 15 is 0 Å². The van der Waals surface area contributed by atoms with Gasteiger partial charge in [0, 0.05) is 32.1 Å². The summed E-state index contributed by atoms with van der Waals surface area (Å²) in [7, 11) is 0. The van der Waals surface area contributed by atoms with Crippen molar-refractivity contribution in [3.63, 3.8) is 0 Å². The summed E-state index contributed by atoms with van der Waals surface area (Å²) >= 11 is 0. The average Bonchev–Trinajstić information content (AvgIpc) is 2.55. The molecule has 2 rings (SSSR count). The molecule has 1 N–H and O–H groups in total. The Balaban J connectivity index is 1.92. The molecule has 0 radical (unpaired) electrons. The van der Waals surface area contributed by atoms with E-state index in [0.29, 0.717) is 13.1 Å². The predicted molar refractivity (Wildman–Crippen MR) is 96.7 cm³/mol. The molecule has 0 aliphatic carbocycles. The standard InChI is InChI=1S/C20H23FN2O2/c1-14-4-9-19(15(2)12-14)22-20(25)10-11-23(16(3)24)13-17-5-7-18(21)8-6-17/h4-9,12H,10-11,13H2,1-3H3,(H,22,25). The van der Waals surface area contributed by atoms with Crippen LogP contribution in [0.3, 0.4) is 0 Å². The third-order valence-corrected chi connectivity index (χ3v) is 4.00. The van der Waals surface area contributed by atoms with Crippen LogP contribution in [0.5, 0.6) is 0 Å². The maximum Gasteiger partial charge on any atom is 0.226 e. The molecule has 2 aromatic carbocycles. The van der Waals surface area contributed by atoms with Gasteiger partial charge in [-0.2, -0.15) is 0 Å². The summed E-state index contributed by atoms with van der Waals surface area (Å²) in [5.74, 6) is -0.577. The minimum atomic E-state index is -0.314. The second-order valence-corrected chi connectivity index (χ2v) is 6.18. The van der Waals surface area contributed by atoms with Crippen LogP contribution in [0.2, 0.25) is 0 Å². The van der Waals surface area contributed by atoms with Crippen molar-refractivity contribution >= 4 is 17.5 Å². The monoisotopic (exact) mass is 342 g/mol. The molecule has 0 aliphatic rings. The molecular weight excluding hydrogens is 319 g/mol. The number of rotatable bonds is 6. The number of hydrogen-bond acceptors (Lipinski definition) is 2. The minimum absolute atomic E-state index is 0.122. The number of carbonyl (C=O) groups excluding carboxylic acids is 2. The molecule has 25 heavy (non-hydrogen) atoms. The average molecular weight is 342 g/mol. The first-order chi connectivity index (χ1) is 11.8. The van der Waals surface area contributed by atoms with E-state index in [2.05, 4.69) is 5.32 Å². The highest BCUT2D eigenvalue weighted by Crippen LogP contribution is 2.16. The van der Waals surface area contributed by atoms with E-state index in [1.807, 2.05) is 32.0 Å². The van der Waals surface area contributed by atoms with Gasteiger partial charge in [0.2, 0.25) is 11.8 Å². The number of carbonyl (C=O) groups is 2. The highest BCUT2D eigenvalue weighted by molar-refractivity contribution is 5.91. The lowest BCUT2D eigenvalue weighted by atomic mass is 10.1. The SMILES string of the molecule is CC(=O)N(CCC(=O)Nc1ccc(C)cc1C)Cc1ccc(F)cc1. The summed E-state index contributed by atoms with van der Waals surface area (Å²) in [6.07, 6.45) is 0.202. The second kappa shape index (κ2) is 8.42. The fourth-order valence-corrected chi connectivity index (χ4v) is 2.56. The summed E-state index contributed by atoms with van der Waals surface area (Å²) in [6.45, 7) is 6.07. The van der Waals surface area contributed by atoms with Crippen molar-refractivity contribution in [3.8, 4) is 0 Å². The van der Waals surface area contributed by atoms with Crippen molar-refractivity contribution in [2.75, 3.05) is 11.9 Å². The molecule has 0 spiro atoms. The van der Waals surface area contributed by atoms with Crippen LogP contribution in [-0.4, -0.2) is 23.3 Å². The zero-order valence-electron chi connectivity index (χ0n) is 14.8. The first kappa shape index (κ1) is 18.6. The first-order valence-electron chi connectivity index (χ1n) is 8.22. The third-order valence-electron chi connectivity index (χ3n) is 4.00. The quantitative estimate of drug-likeness (QED) is 0.867. The van der Waals surface area contributed by atoms with E-state index in [0.717, 1.165) is 22.4 Å². The number of anilines is 1. The molecule has 2 amide bonds. The van der Waals surface area contributed by atoms with E-state index in [1.165, 1.54) is 19.1 Å². The molecule has 5 heteroatoms. The summed E-state index contributed by atoms with van der Waals surface area (Å²) < 4.78 is 13.0. The van der Waals surface area contributed by atoms with E-state index in [9.17, 15) is 14.0 Å². The van der Waals surface area contributed by atoms with Crippen LogP contribution in [0.25, 0.3) is 0 Å². The zero-order valence-corrected chi connectivity index (χ0v) is 14.8. The molecule has 0 aromatic heterocycles. The third kappa shape index (κ3) is 5.71. The normalized spacial score (nSPS) is 10.4. The van der Waals surface area contributed by atoms with Gasteiger partial charge in [-0.3, -0.25) is 9.59 Å². The molecule has 0 heterocycles. The van der Waals surface area contributed by atoms with Crippen molar-refractivity contribution < 1.29 is 14.0 Å². The Morgan fingerprint density at radius 3 is 2.36 bits per heavy atom. The van der Waals surface area contributed by atoms with E-state index in [4.69, 9.17) is 0 Å². The molecule has 0 atom stereocenters. The lowest BCUT2D eigenvalue weighted by molar-refractivity contribution is -0.129. The van der Waals surface area contributed by atoms with E-state index < -0.39 is 0 Å². The molecular formula is C20H23FN2O2. The number of hydrogen-bond donors (Lipinski definition) is 1. The van der Waals surface area contributed by atoms with Crippen LogP contribution >= 0.6 is 0 Å². The van der Waals surface area contributed by atoms with Gasteiger partial charge in [-0.25, -0.2) is 4.39 Å². The zero-order chi connectivity index (χ0) is 18.4. The Morgan fingerprint density at radius 2 is 1.76 bits per heavy atom. The topological polar surface area (TPSA) is 49.4 Å². The number of nitrogens with zero attached hydrogens (tertiary/aromatic N) is 1. The molecule has 4 nitrogen and oxygen atoms in total. The Hall–Kier alpha value is -2.69. The van der Waals surface area contributed by atoms with Gasteiger partial charge in [0.15, 0.2) is 0 Å². The molecule has 0 saturated carbocycles. The highest BCUT2D eigenvalue weighted by atomic mass is 19.1. The van der Waals surface area contributed by atoms with Crippen LogP contribution in [-0.2, 0) is 16.1 Å². The Labute approximate surface area is 147 Å². The molecule has 2 aromatic rings. The minimum Gasteiger partial charge on any atom is -0.338 e. The smallest absolute Gasteiger partial charge is 0.226 e. The molecule has 132 valence electrons. The van der Waals surface area contributed by atoms with Gasteiger partial charge < -0.3 is 10.2 Å².